The number of amides is 1. The zero-order chi connectivity index (χ0) is 12.1. The van der Waals surface area contributed by atoms with Gasteiger partial charge < -0.3 is 15.4 Å². The number of benzene rings is 1. The van der Waals surface area contributed by atoms with E-state index in [1.165, 1.54) is 12.1 Å². The Hall–Kier alpha value is -1.33. The van der Waals surface area contributed by atoms with Gasteiger partial charge in [0.05, 0.1) is 0 Å². The Bertz CT molecular complexity index is 351. The van der Waals surface area contributed by atoms with Crippen molar-refractivity contribution in [2.75, 3.05) is 0 Å². The van der Waals surface area contributed by atoms with Gasteiger partial charge in [-0.2, -0.15) is 0 Å². The topological polar surface area (TPSA) is 69.6 Å². The Morgan fingerprint density at radius 1 is 1.38 bits per heavy atom. The summed E-state index contributed by atoms with van der Waals surface area (Å²) in [5, 5.41) is 20.6. The quantitative estimate of drug-likeness (QED) is 0.621. The van der Waals surface area contributed by atoms with Crippen molar-refractivity contribution in [2.45, 2.75) is 26.3 Å². The highest BCUT2D eigenvalue weighted by molar-refractivity contribution is 6.58. The van der Waals surface area contributed by atoms with Gasteiger partial charge in [0.25, 0.3) is 5.91 Å². The monoisotopic (exact) mass is 221 g/mol. The summed E-state index contributed by atoms with van der Waals surface area (Å²) in [6.07, 6.45) is 0.874. The zero-order valence-corrected chi connectivity index (χ0v) is 9.47. The fraction of sp³-hybridized carbons (Fsp3) is 0.364. The van der Waals surface area contributed by atoms with Gasteiger partial charge in [-0.15, -0.1) is 0 Å². The molecule has 3 N–H and O–H groups in total. The Morgan fingerprint density at radius 2 is 1.94 bits per heavy atom. The molecule has 1 aromatic rings. The molecule has 0 aliphatic rings. The van der Waals surface area contributed by atoms with E-state index in [9.17, 15) is 4.79 Å². The summed E-state index contributed by atoms with van der Waals surface area (Å²) < 4.78 is 0. The van der Waals surface area contributed by atoms with Crippen molar-refractivity contribution in [1.29, 1.82) is 0 Å². The van der Waals surface area contributed by atoms with Crippen LogP contribution in [0.2, 0.25) is 0 Å². The number of nitrogens with one attached hydrogen (secondary N) is 1. The first-order chi connectivity index (χ1) is 7.54. The Morgan fingerprint density at radius 3 is 2.38 bits per heavy atom. The van der Waals surface area contributed by atoms with Gasteiger partial charge in [0.2, 0.25) is 0 Å². The molecule has 0 aliphatic heterocycles. The fourth-order valence-electron chi connectivity index (χ4n) is 1.22. The molecule has 0 aromatic heterocycles. The van der Waals surface area contributed by atoms with Crippen LogP contribution in [0.15, 0.2) is 24.3 Å². The van der Waals surface area contributed by atoms with Crippen molar-refractivity contribution >= 4 is 18.5 Å². The van der Waals surface area contributed by atoms with Crippen molar-refractivity contribution < 1.29 is 14.8 Å². The van der Waals surface area contributed by atoms with Crippen molar-refractivity contribution in [3.8, 4) is 0 Å². The van der Waals surface area contributed by atoms with E-state index >= 15 is 0 Å². The summed E-state index contributed by atoms with van der Waals surface area (Å²) in [7, 11) is -1.49. The van der Waals surface area contributed by atoms with Gasteiger partial charge in [-0.05, 0) is 30.9 Å². The minimum Gasteiger partial charge on any atom is -0.423 e. The number of carbonyl (C=O) groups excluding carboxylic acids is 1. The number of hydrogen-bond donors (Lipinski definition) is 3. The maximum absolute atomic E-state index is 11.7. The van der Waals surface area contributed by atoms with Crippen LogP contribution in [0, 0.1) is 0 Å². The summed E-state index contributed by atoms with van der Waals surface area (Å²) >= 11 is 0. The van der Waals surface area contributed by atoms with E-state index in [0.717, 1.165) is 6.42 Å². The van der Waals surface area contributed by atoms with Crippen LogP contribution >= 0.6 is 0 Å². The molecule has 1 atom stereocenters. The first-order valence-corrected chi connectivity index (χ1v) is 5.31. The third-order valence-corrected chi connectivity index (χ3v) is 2.46. The van der Waals surface area contributed by atoms with Crippen LogP contribution in [0.1, 0.15) is 30.6 Å². The second-order valence-electron chi connectivity index (χ2n) is 3.78. The van der Waals surface area contributed by atoms with E-state index in [4.69, 9.17) is 10.0 Å². The molecule has 0 aliphatic carbocycles. The molecule has 0 bridgehead atoms. The summed E-state index contributed by atoms with van der Waals surface area (Å²) in [6.45, 7) is 3.93. The van der Waals surface area contributed by atoms with Crippen LogP contribution in [0.25, 0.3) is 0 Å². The lowest BCUT2D eigenvalue weighted by molar-refractivity contribution is 0.0939. The highest BCUT2D eigenvalue weighted by Gasteiger charge is 2.12. The molecule has 0 heterocycles. The molecule has 1 unspecified atom stereocenters. The molecule has 0 fully saturated rings. The van der Waals surface area contributed by atoms with Crippen LogP contribution in [0.3, 0.4) is 0 Å². The second-order valence-corrected chi connectivity index (χ2v) is 3.78. The van der Waals surface area contributed by atoms with Gasteiger partial charge in [-0.3, -0.25) is 4.79 Å². The molecule has 0 saturated heterocycles. The molecule has 0 radical (unpaired) electrons. The predicted octanol–water partition coefficient (Wildman–Crippen LogP) is -0.105. The third-order valence-electron chi connectivity index (χ3n) is 2.46. The molecule has 4 nitrogen and oxygen atoms in total. The van der Waals surface area contributed by atoms with E-state index in [1.54, 1.807) is 12.1 Å². The van der Waals surface area contributed by atoms with E-state index in [2.05, 4.69) is 5.32 Å². The Kier molecular flexibility index (Phi) is 4.52. The maximum atomic E-state index is 11.7. The third kappa shape index (κ3) is 3.36. The average Bonchev–Trinajstić information content (AvgIpc) is 2.28. The van der Waals surface area contributed by atoms with E-state index in [1.807, 2.05) is 13.8 Å². The van der Waals surface area contributed by atoms with Crippen LogP contribution in [0.4, 0.5) is 0 Å². The molecule has 5 heteroatoms. The second kappa shape index (κ2) is 5.68. The largest absolute Gasteiger partial charge is 0.488 e. The molecular weight excluding hydrogens is 205 g/mol. The highest BCUT2D eigenvalue weighted by Crippen LogP contribution is 1.99. The zero-order valence-electron chi connectivity index (χ0n) is 9.47. The van der Waals surface area contributed by atoms with Crippen LogP contribution in [-0.2, 0) is 0 Å². The average molecular weight is 221 g/mol. The fourth-order valence-corrected chi connectivity index (χ4v) is 1.22. The first-order valence-electron chi connectivity index (χ1n) is 5.31. The van der Waals surface area contributed by atoms with Crippen molar-refractivity contribution in [3.05, 3.63) is 29.8 Å². The van der Waals surface area contributed by atoms with Gasteiger partial charge in [-0.1, -0.05) is 19.1 Å². The van der Waals surface area contributed by atoms with Crippen molar-refractivity contribution in [2.24, 2.45) is 0 Å². The van der Waals surface area contributed by atoms with Gasteiger partial charge in [-0.25, -0.2) is 0 Å². The summed E-state index contributed by atoms with van der Waals surface area (Å²) in [4.78, 5) is 11.7. The maximum Gasteiger partial charge on any atom is 0.488 e. The Balaban J connectivity index is 2.70. The predicted molar refractivity (Wildman–Crippen MR) is 63.5 cm³/mol. The van der Waals surface area contributed by atoms with Gasteiger partial charge in [0.15, 0.2) is 0 Å². The molecule has 16 heavy (non-hydrogen) atoms. The first kappa shape index (κ1) is 12.7. The van der Waals surface area contributed by atoms with Gasteiger partial charge in [0, 0.05) is 11.6 Å². The molecule has 0 saturated carbocycles. The lowest BCUT2D eigenvalue weighted by atomic mass is 9.80. The summed E-state index contributed by atoms with van der Waals surface area (Å²) in [6, 6.07) is 6.33. The lowest BCUT2D eigenvalue weighted by Gasteiger charge is -2.11. The summed E-state index contributed by atoms with van der Waals surface area (Å²) in [5.41, 5.74) is 0.893. The minimum atomic E-state index is -1.49. The van der Waals surface area contributed by atoms with Crippen LogP contribution < -0.4 is 10.8 Å². The Labute approximate surface area is 95.4 Å². The standard InChI is InChI=1S/C11H16BNO3/c1-3-8(2)13-11(14)9-4-6-10(7-5-9)12(15)16/h4-8,15-16H,3H2,1-2H3,(H,13,14). The molecule has 1 aromatic carbocycles. The van der Waals surface area contributed by atoms with Gasteiger partial charge >= 0.3 is 7.12 Å². The molecule has 0 spiro atoms. The molecular formula is C11H16BNO3. The van der Waals surface area contributed by atoms with E-state index in [0.29, 0.717) is 11.0 Å². The van der Waals surface area contributed by atoms with Crippen molar-refractivity contribution in [1.82, 2.24) is 5.32 Å². The molecule has 86 valence electrons. The number of hydrogen-bond acceptors (Lipinski definition) is 3. The molecule has 1 rings (SSSR count). The number of carbonyl (C=O) groups is 1. The van der Waals surface area contributed by atoms with E-state index in [-0.39, 0.29) is 11.9 Å². The van der Waals surface area contributed by atoms with Crippen molar-refractivity contribution in [3.63, 3.8) is 0 Å². The minimum absolute atomic E-state index is 0.135. The SMILES string of the molecule is CCC(C)NC(=O)c1ccc(B(O)O)cc1. The normalized spacial score (nSPS) is 12.0. The lowest BCUT2D eigenvalue weighted by Crippen LogP contribution is -2.33. The van der Waals surface area contributed by atoms with Crippen LogP contribution in [0.5, 0.6) is 0 Å². The number of rotatable bonds is 4. The molecule has 1 amide bonds. The summed E-state index contributed by atoms with van der Waals surface area (Å²) in [5.74, 6) is -0.145. The highest BCUT2D eigenvalue weighted by atomic mass is 16.4. The van der Waals surface area contributed by atoms with Gasteiger partial charge in [0.1, 0.15) is 0 Å². The van der Waals surface area contributed by atoms with Crippen LogP contribution in [-0.4, -0.2) is 29.1 Å². The van der Waals surface area contributed by atoms with E-state index < -0.39 is 7.12 Å². The smallest absolute Gasteiger partial charge is 0.423 e.